The van der Waals surface area contributed by atoms with Crippen LogP contribution in [0.15, 0.2) is 36.4 Å². The van der Waals surface area contributed by atoms with E-state index in [2.05, 4.69) is 0 Å². The zero-order valence-corrected chi connectivity index (χ0v) is 10.6. The molecule has 5 heteroatoms. The maximum atomic E-state index is 13.6. The summed E-state index contributed by atoms with van der Waals surface area (Å²) in [6, 6.07) is 9.32. The van der Waals surface area contributed by atoms with E-state index in [4.69, 9.17) is 11.6 Å². The molecular weight excluding hydrogens is 280 g/mol. The van der Waals surface area contributed by atoms with Crippen LogP contribution in [0.4, 0.5) is 17.6 Å². The molecule has 0 aromatic heterocycles. The Morgan fingerprint density at radius 1 is 1.00 bits per heavy atom. The molecule has 0 saturated carbocycles. The van der Waals surface area contributed by atoms with Crippen LogP contribution in [0.25, 0.3) is 10.8 Å². The molecule has 19 heavy (non-hydrogen) atoms. The van der Waals surface area contributed by atoms with Gasteiger partial charge in [0.15, 0.2) is 0 Å². The van der Waals surface area contributed by atoms with E-state index in [1.807, 2.05) is 0 Å². The minimum Gasteiger partial charge on any atom is -0.206 e. The van der Waals surface area contributed by atoms with E-state index in [-0.39, 0.29) is 6.42 Å². The highest BCUT2D eigenvalue weighted by molar-refractivity contribution is 6.21. The molecule has 2 aromatic rings. The third-order valence-electron chi connectivity index (χ3n) is 2.92. The van der Waals surface area contributed by atoms with Crippen molar-refractivity contribution in [2.45, 2.75) is 24.4 Å². The molecule has 1 atom stereocenters. The molecule has 0 spiro atoms. The Labute approximate surface area is 113 Å². The van der Waals surface area contributed by atoms with Crippen LogP contribution in [-0.4, -0.2) is 6.18 Å². The molecule has 102 valence electrons. The minimum atomic E-state index is -4.23. The van der Waals surface area contributed by atoms with Crippen molar-refractivity contribution in [1.82, 2.24) is 0 Å². The van der Waals surface area contributed by atoms with Crippen LogP contribution >= 0.6 is 11.6 Å². The molecule has 1 unspecified atom stereocenters. The highest BCUT2D eigenvalue weighted by Crippen LogP contribution is 2.35. The molecule has 0 nitrogen and oxygen atoms in total. The first-order valence-electron chi connectivity index (χ1n) is 5.76. The summed E-state index contributed by atoms with van der Waals surface area (Å²) in [5, 5.41) is 0.148. The van der Waals surface area contributed by atoms with Crippen LogP contribution in [0.1, 0.15) is 23.8 Å². The van der Waals surface area contributed by atoms with Gasteiger partial charge in [0.05, 0.1) is 5.38 Å². The van der Waals surface area contributed by atoms with Gasteiger partial charge in [-0.3, -0.25) is 0 Å². The monoisotopic (exact) mass is 290 g/mol. The van der Waals surface area contributed by atoms with E-state index in [0.29, 0.717) is 16.3 Å². The van der Waals surface area contributed by atoms with Crippen molar-refractivity contribution < 1.29 is 17.6 Å². The van der Waals surface area contributed by atoms with Crippen molar-refractivity contribution in [3.8, 4) is 0 Å². The predicted molar refractivity (Wildman–Crippen MR) is 67.8 cm³/mol. The summed E-state index contributed by atoms with van der Waals surface area (Å²) in [7, 11) is 0. The zero-order valence-electron chi connectivity index (χ0n) is 9.85. The van der Waals surface area contributed by atoms with Gasteiger partial charge in [0, 0.05) is 11.8 Å². The first-order chi connectivity index (χ1) is 8.88. The Kier molecular flexibility index (Phi) is 3.99. The van der Waals surface area contributed by atoms with E-state index >= 15 is 0 Å². The van der Waals surface area contributed by atoms with Crippen molar-refractivity contribution in [2.75, 3.05) is 0 Å². The highest BCUT2D eigenvalue weighted by atomic mass is 35.5. The molecule has 2 rings (SSSR count). The Bertz CT molecular complexity index is 577. The molecule has 0 heterocycles. The second-order valence-corrected chi connectivity index (χ2v) is 4.83. The van der Waals surface area contributed by atoms with Crippen molar-refractivity contribution in [2.24, 2.45) is 0 Å². The molecule has 0 fully saturated rings. The van der Waals surface area contributed by atoms with Crippen LogP contribution in [0.5, 0.6) is 0 Å². The molecular formula is C14H11ClF4. The molecule has 0 aliphatic carbocycles. The fraction of sp³-hybridized carbons (Fsp3) is 0.286. The molecule has 0 aliphatic heterocycles. The number of halogens is 5. The van der Waals surface area contributed by atoms with Crippen molar-refractivity contribution in [3.05, 3.63) is 47.8 Å². The van der Waals surface area contributed by atoms with E-state index in [1.54, 1.807) is 24.3 Å². The number of hydrogen-bond donors (Lipinski definition) is 0. The maximum Gasteiger partial charge on any atom is 0.389 e. The van der Waals surface area contributed by atoms with E-state index in [0.717, 1.165) is 0 Å². The quantitative estimate of drug-likeness (QED) is 0.510. The molecule has 0 N–H and O–H groups in total. The lowest BCUT2D eigenvalue weighted by Crippen LogP contribution is -2.08. The topological polar surface area (TPSA) is 0 Å². The highest BCUT2D eigenvalue weighted by Gasteiger charge is 2.28. The standard InChI is InChI=1S/C14H11ClF4/c15-12(7-8-14(17,18)19)10-5-6-13(16)11-4-2-1-3-9(10)11/h1-6,12H,7-8H2. The van der Waals surface area contributed by atoms with Crippen molar-refractivity contribution in [1.29, 1.82) is 0 Å². The summed E-state index contributed by atoms with van der Waals surface area (Å²) in [5.41, 5.74) is 0.530. The summed E-state index contributed by atoms with van der Waals surface area (Å²) in [6.07, 6.45) is -5.41. The van der Waals surface area contributed by atoms with Gasteiger partial charge in [-0.25, -0.2) is 4.39 Å². The van der Waals surface area contributed by atoms with E-state index < -0.39 is 23.8 Å². The lowest BCUT2D eigenvalue weighted by atomic mass is 9.99. The number of alkyl halides is 4. The Balaban J connectivity index is 2.32. The number of benzene rings is 2. The number of hydrogen-bond acceptors (Lipinski definition) is 0. The summed E-state index contributed by atoms with van der Waals surface area (Å²) >= 11 is 6.02. The SMILES string of the molecule is Fc1ccc(C(Cl)CCC(F)(F)F)c2ccccc12. The molecule has 0 aliphatic rings. The van der Waals surface area contributed by atoms with Crippen LogP contribution in [0.3, 0.4) is 0 Å². The van der Waals surface area contributed by atoms with Crippen molar-refractivity contribution >= 4 is 22.4 Å². The average Bonchev–Trinajstić information content (AvgIpc) is 2.36. The fourth-order valence-corrected chi connectivity index (χ4v) is 2.30. The first kappa shape index (κ1) is 14.1. The van der Waals surface area contributed by atoms with Gasteiger partial charge in [-0.2, -0.15) is 13.2 Å². The van der Waals surface area contributed by atoms with Gasteiger partial charge in [-0.05, 0) is 23.4 Å². The molecule has 0 saturated heterocycles. The van der Waals surface area contributed by atoms with Gasteiger partial charge >= 0.3 is 6.18 Å². The second kappa shape index (κ2) is 5.37. The minimum absolute atomic E-state index is 0.222. The normalized spacial score (nSPS) is 13.7. The van der Waals surface area contributed by atoms with Crippen LogP contribution < -0.4 is 0 Å². The van der Waals surface area contributed by atoms with E-state index in [1.165, 1.54) is 12.1 Å². The molecule has 2 aromatic carbocycles. The summed E-state index contributed by atoms with van der Waals surface area (Å²) in [4.78, 5) is 0. The van der Waals surface area contributed by atoms with E-state index in [9.17, 15) is 17.6 Å². The fourth-order valence-electron chi connectivity index (χ4n) is 2.00. The Morgan fingerprint density at radius 2 is 1.63 bits per heavy atom. The average molecular weight is 291 g/mol. The van der Waals surface area contributed by atoms with Gasteiger partial charge in [-0.1, -0.05) is 30.3 Å². The van der Waals surface area contributed by atoms with Gasteiger partial charge in [-0.15, -0.1) is 11.6 Å². The number of rotatable bonds is 3. The Morgan fingerprint density at radius 3 is 2.26 bits per heavy atom. The number of fused-ring (bicyclic) bond motifs is 1. The zero-order chi connectivity index (χ0) is 14.0. The third kappa shape index (κ3) is 3.38. The van der Waals surface area contributed by atoms with Crippen LogP contribution in [-0.2, 0) is 0 Å². The van der Waals surface area contributed by atoms with Crippen LogP contribution in [0, 0.1) is 5.82 Å². The summed E-state index contributed by atoms with van der Waals surface area (Å²) in [5.74, 6) is -0.404. The lowest BCUT2D eigenvalue weighted by molar-refractivity contribution is -0.135. The summed E-state index contributed by atoms with van der Waals surface area (Å²) < 4.78 is 50.2. The second-order valence-electron chi connectivity index (χ2n) is 4.30. The van der Waals surface area contributed by atoms with Gasteiger partial charge < -0.3 is 0 Å². The molecule has 0 radical (unpaired) electrons. The largest absolute Gasteiger partial charge is 0.389 e. The maximum absolute atomic E-state index is 13.6. The van der Waals surface area contributed by atoms with Gasteiger partial charge in [0.1, 0.15) is 5.82 Å². The smallest absolute Gasteiger partial charge is 0.206 e. The Hall–Kier alpha value is -1.29. The third-order valence-corrected chi connectivity index (χ3v) is 3.38. The lowest BCUT2D eigenvalue weighted by Gasteiger charge is -2.14. The van der Waals surface area contributed by atoms with Crippen molar-refractivity contribution in [3.63, 3.8) is 0 Å². The first-order valence-corrected chi connectivity index (χ1v) is 6.20. The summed E-state index contributed by atoms with van der Waals surface area (Å²) in [6.45, 7) is 0. The molecule has 0 amide bonds. The van der Waals surface area contributed by atoms with Gasteiger partial charge in [0.2, 0.25) is 0 Å². The molecule has 0 bridgehead atoms. The predicted octanol–water partition coefficient (Wildman–Crippen LogP) is 5.60. The van der Waals surface area contributed by atoms with Gasteiger partial charge in [0.25, 0.3) is 0 Å². The van der Waals surface area contributed by atoms with Crippen LogP contribution in [0.2, 0.25) is 0 Å².